The summed E-state index contributed by atoms with van der Waals surface area (Å²) >= 11 is 0. The number of rotatable bonds is 4. The van der Waals surface area contributed by atoms with Gasteiger partial charge in [0.15, 0.2) is 17.5 Å². The molecule has 0 unspecified atom stereocenters. The lowest BCUT2D eigenvalue weighted by atomic mass is 9.43. The normalized spacial score (nSPS) is 23.5. The lowest BCUT2D eigenvalue weighted by Crippen LogP contribution is -2.55. The van der Waals surface area contributed by atoms with Gasteiger partial charge in [-0.15, -0.1) is 0 Å². The van der Waals surface area contributed by atoms with Crippen LogP contribution in [0.25, 0.3) is 78.4 Å². The van der Waals surface area contributed by atoms with Gasteiger partial charge in [0.1, 0.15) is 11.2 Å². The molecule has 4 fully saturated rings. The average Bonchev–Trinajstić information content (AvgIpc) is 3.73. The predicted octanol–water partition coefficient (Wildman–Crippen LogP) is 12.2. The van der Waals surface area contributed by atoms with E-state index in [-0.39, 0.29) is 5.41 Å². The first-order valence-electron chi connectivity index (χ1n) is 19.3. The van der Waals surface area contributed by atoms with Crippen LogP contribution in [-0.4, -0.2) is 15.0 Å². The number of aromatic nitrogens is 3. The Balaban J connectivity index is 1.04. The highest BCUT2D eigenvalue weighted by Crippen LogP contribution is 2.69. The Morgan fingerprint density at radius 1 is 0.415 bits per heavy atom. The van der Waals surface area contributed by atoms with E-state index in [4.69, 9.17) is 19.4 Å². The van der Waals surface area contributed by atoms with Crippen molar-refractivity contribution in [1.29, 1.82) is 0 Å². The van der Waals surface area contributed by atoms with Crippen LogP contribution in [0.2, 0.25) is 0 Å². The van der Waals surface area contributed by atoms with Crippen molar-refractivity contribution >= 4 is 21.9 Å². The summed E-state index contributed by atoms with van der Waals surface area (Å²) in [6.45, 7) is 0. The van der Waals surface area contributed by atoms with Gasteiger partial charge in [0.25, 0.3) is 0 Å². The molecule has 0 radical (unpaired) electrons. The molecule has 13 rings (SSSR count). The second-order valence-electron chi connectivity index (χ2n) is 16.0. The van der Waals surface area contributed by atoms with Crippen molar-refractivity contribution in [2.45, 2.75) is 37.5 Å². The summed E-state index contributed by atoms with van der Waals surface area (Å²) in [5, 5.41) is 2.35. The third kappa shape index (κ3) is 4.32. The van der Waals surface area contributed by atoms with Crippen LogP contribution in [0.15, 0.2) is 144 Å². The highest BCUT2D eigenvalue weighted by Gasteiger charge is 2.61. The molecule has 0 N–H and O–H groups in total. The highest BCUT2D eigenvalue weighted by atomic mass is 16.3. The number of benzene rings is 6. The van der Waals surface area contributed by atoms with Gasteiger partial charge in [-0.1, -0.05) is 109 Å². The molecular formula is C49H37N3O. The minimum atomic E-state index is -0.00586. The number of furan rings is 1. The average molecular weight is 684 g/mol. The molecule has 8 aromatic rings. The van der Waals surface area contributed by atoms with Gasteiger partial charge in [0.05, 0.1) is 0 Å². The largest absolute Gasteiger partial charge is 0.456 e. The highest BCUT2D eigenvalue weighted by molar-refractivity contribution is 6.06. The van der Waals surface area contributed by atoms with E-state index in [1.54, 1.807) is 5.56 Å². The smallest absolute Gasteiger partial charge is 0.164 e. The first-order valence-corrected chi connectivity index (χ1v) is 19.3. The Bertz CT molecular complexity index is 2660. The summed E-state index contributed by atoms with van der Waals surface area (Å²) in [7, 11) is 0. The molecule has 0 amide bonds. The van der Waals surface area contributed by atoms with Crippen LogP contribution in [0.4, 0.5) is 0 Å². The Hall–Kier alpha value is -5.87. The van der Waals surface area contributed by atoms with E-state index in [1.165, 1.54) is 70.7 Å². The van der Waals surface area contributed by atoms with Crippen LogP contribution in [-0.2, 0) is 5.41 Å². The zero-order valence-electron chi connectivity index (χ0n) is 29.4. The number of hydrogen-bond donors (Lipinski definition) is 0. The lowest BCUT2D eigenvalue weighted by Gasteiger charge is -2.61. The van der Waals surface area contributed by atoms with Gasteiger partial charge >= 0.3 is 0 Å². The van der Waals surface area contributed by atoms with Gasteiger partial charge in [-0.05, 0) is 119 Å². The molecule has 4 nitrogen and oxygen atoms in total. The number of fused-ring (bicyclic) bond motifs is 6. The van der Waals surface area contributed by atoms with Crippen molar-refractivity contribution in [3.63, 3.8) is 0 Å². The van der Waals surface area contributed by atoms with Crippen LogP contribution >= 0.6 is 0 Å². The first kappa shape index (κ1) is 29.7. The van der Waals surface area contributed by atoms with Gasteiger partial charge in [-0.3, -0.25) is 0 Å². The molecule has 6 aromatic carbocycles. The predicted molar refractivity (Wildman–Crippen MR) is 212 cm³/mol. The van der Waals surface area contributed by atoms with E-state index in [9.17, 15) is 0 Å². The third-order valence-electron chi connectivity index (χ3n) is 13.3. The topological polar surface area (TPSA) is 51.8 Å². The van der Waals surface area contributed by atoms with Crippen LogP contribution in [0.3, 0.4) is 0 Å². The Morgan fingerprint density at radius 2 is 0.906 bits per heavy atom. The Morgan fingerprint density at radius 3 is 1.55 bits per heavy atom. The van der Waals surface area contributed by atoms with E-state index >= 15 is 0 Å². The van der Waals surface area contributed by atoms with E-state index in [2.05, 4.69) is 97.1 Å². The van der Waals surface area contributed by atoms with E-state index in [1.807, 2.05) is 42.5 Å². The fourth-order valence-electron chi connectivity index (χ4n) is 11.4. The Labute approximate surface area is 308 Å². The van der Waals surface area contributed by atoms with Crippen LogP contribution < -0.4 is 0 Å². The molecule has 0 aliphatic heterocycles. The summed E-state index contributed by atoms with van der Waals surface area (Å²) in [5.41, 5.74) is 13.3. The summed E-state index contributed by atoms with van der Waals surface area (Å²) in [6.07, 6.45) is 6.74. The molecule has 0 atom stereocenters. The number of nitrogens with zero attached hydrogens (tertiary/aromatic N) is 3. The molecule has 53 heavy (non-hydrogen) atoms. The number of hydrogen-bond acceptors (Lipinski definition) is 4. The maximum atomic E-state index is 6.21. The molecule has 4 saturated carbocycles. The van der Waals surface area contributed by atoms with Crippen LogP contribution in [0.5, 0.6) is 0 Å². The lowest BCUT2D eigenvalue weighted by molar-refractivity contribution is -0.0399. The Kier molecular flexibility index (Phi) is 6.20. The quantitative estimate of drug-likeness (QED) is 0.185. The van der Waals surface area contributed by atoms with E-state index in [0.29, 0.717) is 23.5 Å². The van der Waals surface area contributed by atoms with Crippen LogP contribution in [0.1, 0.15) is 43.2 Å². The maximum Gasteiger partial charge on any atom is 0.164 e. The molecule has 4 bridgehead atoms. The number of para-hydroxylation sites is 1. The van der Waals surface area contributed by atoms with Crippen molar-refractivity contribution < 1.29 is 4.42 Å². The molecule has 1 spiro atoms. The molecule has 0 saturated heterocycles. The fourth-order valence-corrected chi connectivity index (χ4v) is 11.4. The minimum Gasteiger partial charge on any atom is -0.456 e. The molecule has 5 aliphatic rings. The zero-order valence-corrected chi connectivity index (χ0v) is 29.4. The molecule has 2 aromatic heterocycles. The van der Waals surface area contributed by atoms with Gasteiger partial charge in [-0.2, -0.15) is 0 Å². The monoisotopic (exact) mass is 683 g/mol. The summed E-state index contributed by atoms with van der Waals surface area (Å²) in [6, 6.07) is 50.2. The van der Waals surface area contributed by atoms with Crippen molar-refractivity contribution in [1.82, 2.24) is 15.0 Å². The van der Waals surface area contributed by atoms with Gasteiger partial charge in [0.2, 0.25) is 0 Å². The summed E-state index contributed by atoms with van der Waals surface area (Å²) < 4.78 is 6.21. The summed E-state index contributed by atoms with van der Waals surface area (Å²) in [4.78, 5) is 15.3. The molecule has 5 aliphatic carbocycles. The van der Waals surface area contributed by atoms with Gasteiger partial charge < -0.3 is 4.42 Å². The molecule has 4 heteroatoms. The van der Waals surface area contributed by atoms with Crippen molar-refractivity contribution in [2.75, 3.05) is 0 Å². The van der Waals surface area contributed by atoms with Crippen LogP contribution in [0, 0.1) is 23.7 Å². The minimum absolute atomic E-state index is 0.00586. The second-order valence-corrected chi connectivity index (χ2v) is 16.0. The zero-order chi connectivity index (χ0) is 34.7. The fraction of sp³-hybridized carbons (Fsp3) is 0.204. The van der Waals surface area contributed by atoms with E-state index in [0.717, 1.165) is 45.5 Å². The molecule has 254 valence electrons. The summed E-state index contributed by atoms with van der Waals surface area (Å²) in [5.74, 6) is 5.15. The second kappa shape index (κ2) is 11.1. The van der Waals surface area contributed by atoms with Crippen molar-refractivity contribution in [2.24, 2.45) is 23.7 Å². The van der Waals surface area contributed by atoms with Gasteiger partial charge in [0, 0.05) is 32.9 Å². The van der Waals surface area contributed by atoms with Gasteiger partial charge in [-0.25, -0.2) is 15.0 Å². The first-order chi connectivity index (χ1) is 26.2. The molecule has 2 heterocycles. The van der Waals surface area contributed by atoms with Crippen molar-refractivity contribution in [3.8, 4) is 56.4 Å². The third-order valence-corrected chi connectivity index (χ3v) is 13.3. The van der Waals surface area contributed by atoms with E-state index < -0.39 is 0 Å². The standard InChI is InChI=1S/C49H37N3O/c1-3-9-31(10-4-1)46-50-47(32-11-5-2-6-12-32)52-48(51-46)35-16-19-39-38-18-15-34(33-17-20-45-41(26-33)40-13-7-8-14-44(40)53-45)27-42(38)49(43(39)28-35)36-22-29-21-30(24-36)25-37(49)23-29/h1-20,26-30,36-37H,21-25H2. The van der Waals surface area contributed by atoms with Crippen molar-refractivity contribution in [3.05, 3.63) is 151 Å². The maximum absolute atomic E-state index is 6.21. The molecular weight excluding hydrogens is 647 g/mol. The SMILES string of the molecule is c1ccc(-c2nc(-c3ccccc3)nc(-c3ccc4c(c3)C3(c5cc(-c6ccc7oc8ccccc8c7c6)ccc5-4)C4CC5CC(C4)CC3C5)n2)cc1.